The summed E-state index contributed by atoms with van der Waals surface area (Å²) < 4.78 is 5.58. The van der Waals surface area contributed by atoms with Gasteiger partial charge in [0.1, 0.15) is 5.60 Å². The zero-order valence-electron chi connectivity index (χ0n) is 8.06. The van der Waals surface area contributed by atoms with Gasteiger partial charge in [-0.2, -0.15) is 0 Å². The van der Waals surface area contributed by atoms with Crippen LogP contribution in [0.1, 0.15) is 46.0 Å². The van der Waals surface area contributed by atoms with Crippen LogP contribution in [0, 0.1) is 0 Å². The summed E-state index contributed by atoms with van der Waals surface area (Å²) in [7, 11) is 0. The normalized spacial score (nSPS) is 22.2. The summed E-state index contributed by atoms with van der Waals surface area (Å²) in [6, 6.07) is 0. The highest BCUT2D eigenvalue weighted by Crippen LogP contribution is 2.32. The monoisotopic (exact) mass is 170 g/mol. The van der Waals surface area contributed by atoms with Crippen molar-refractivity contribution in [3.63, 3.8) is 0 Å². The molecular weight excluding hydrogens is 152 g/mol. The van der Waals surface area contributed by atoms with Crippen LogP contribution in [-0.2, 0) is 9.53 Å². The molecule has 0 aromatic carbocycles. The summed E-state index contributed by atoms with van der Waals surface area (Å²) in [5.41, 5.74) is -0.410. The van der Waals surface area contributed by atoms with Gasteiger partial charge in [-0.1, -0.05) is 19.3 Å². The van der Waals surface area contributed by atoms with E-state index >= 15 is 0 Å². The van der Waals surface area contributed by atoms with Crippen molar-refractivity contribution in [1.29, 1.82) is 0 Å². The molecule has 0 amide bonds. The standard InChI is InChI=1S/C10H18O2/c1-3-12-10(9(2)11)7-5-4-6-8-10/h3-8H2,1-2H3. The van der Waals surface area contributed by atoms with E-state index in [-0.39, 0.29) is 5.78 Å². The molecule has 70 valence electrons. The molecule has 0 radical (unpaired) electrons. The van der Waals surface area contributed by atoms with Gasteiger partial charge < -0.3 is 4.74 Å². The molecular formula is C10H18O2. The number of carbonyl (C=O) groups excluding carboxylic acids is 1. The van der Waals surface area contributed by atoms with E-state index in [4.69, 9.17) is 4.74 Å². The fraction of sp³-hybridized carbons (Fsp3) is 0.900. The van der Waals surface area contributed by atoms with Crippen LogP contribution in [0.2, 0.25) is 0 Å². The van der Waals surface area contributed by atoms with Gasteiger partial charge in [-0.15, -0.1) is 0 Å². The minimum absolute atomic E-state index is 0.212. The molecule has 12 heavy (non-hydrogen) atoms. The molecule has 0 spiro atoms. The molecule has 0 heterocycles. The molecule has 0 aromatic heterocycles. The number of Topliss-reactive ketones (excluding diaryl/α,β-unsaturated/α-hetero) is 1. The Morgan fingerprint density at radius 3 is 2.33 bits per heavy atom. The van der Waals surface area contributed by atoms with E-state index < -0.39 is 5.60 Å². The Balaban J connectivity index is 2.63. The number of ether oxygens (including phenoxy) is 1. The molecule has 2 nitrogen and oxygen atoms in total. The fourth-order valence-electron chi connectivity index (χ4n) is 2.00. The van der Waals surface area contributed by atoms with Crippen LogP contribution in [0.5, 0.6) is 0 Å². The summed E-state index contributed by atoms with van der Waals surface area (Å²) in [4.78, 5) is 11.4. The Labute approximate surface area is 74.3 Å². The Hall–Kier alpha value is -0.370. The van der Waals surface area contributed by atoms with Gasteiger partial charge in [0.2, 0.25) is 0 Å². The summed E-state index contributed by atoms with van der Waals surface area (Å²) >= 11 is 0. The van der Waals surface area contributed by atoms with E-state index in [1.54, 1.807) is 6.92 Å². The molecule has 0 aliphatic heterocycles. The molecule has 1 saturated carbocycles. The first-order valence-corrected chi connectivity index (χ1v) is 4.86. The average Bonchev–Trinajstić information content (AvgIpc) is 2.06. The van der Waals surface area contributed by atoms with Gasteiger partial charge in [0, 0.05) is 6.61 Å². The maximum absolute atomic E-state index is 11.4. The predicted molar refractivity (Wildman–Crippen MR) is 48.1 cm³/mol. The molecule has 0 N–H and O–H groups in total. The zero-order chi connectivity index (χ0) is 9.03. The van der Waals surface area contributed by atoms with Crippen LogP contribution in [0.4, 0.5) is 0 Å². The molecule has 1 aliphatic rings. The van der Waals surface area contributed by atoms with Crippen molar-refractivity contribution in [2.45, 2.75) is 51.6 Å². The van der Waals surface area contributed by atoms with Crippen LogP contribution >= 0.6 is 0 Å². The van der Waals surface area contributed by atoms with Crippen LogP contribution < -0.4 is 0 Å². The lowest BCUT2D eigenvalue weighted by molar-refractivity contribution is -0.146. The second kappa shape index (κ2) is 4.04. The smallest absolute Gasteiger partial charge is 0.161 e. The van der Waals surface area contributed by atoms with Crippen LogP contribution in [0.3, 0.4) is 0 Å². The van der Waals surface area contributed by atoms with Crippen LogP contribution in [-0.4, -0.2) is 18.0 Å². The average molecular weight is 170 g/mol. The molecule has 1 fully saturated rings. The third-order valence-corrected chi connectivity index (χ3v) is 2.72. The Morgan fingerprint density at radius 1 is 1.33 bits per heavy atom. The highest BCUT2D eigenvalue weighted by Gasteiger charge is 2.36. The first-order chi connectivity index (χ1) is 5.71. The van der Waals surface area contributed by atoms with E-state index in [9.17, 15) is 4.79 Å². The van der Waals surface area contributed by atoms with Gasteiger partial charge in [0.05, 0.1) is 0 Å². The molecule has 0 atom stereocenters. The lowest BCUT2D eigenvalue weighted by Crippen LogP contribution is -2.42. The SMILES string of the molecule is CCOC1(C(C)=O)CCCCC1. The lowest BCUT2D eigenvalue weighted by atomic mass is 9.82. The molecule has 1 aliphatic carbocycles. The second-order valence-corrected chi connectivity index (χ2v) is 3.54. The highest BCUT2D eigenvalue weighted by atomic mass is 16.5. The van der Waals surface area contributed by atoms with Gasteiger partial charge in [0.15, 0.2) is 5.78 Å². The summed E-state index contributed by atoms with van der Waals surface area (Å²) in [5.74, 6) is 0.212. The molecule has 1 rings (SSSR count). The molecule has 0 aromatic rings. The first kappa shape index (κ1) is 9.72. The van der Waals surface area contributed by atoms with Crippen LogP contribution in [0.15, 0.2) is 0 Å². The lowest BCUT2D eigenvalue weighted by Gasteiger charge is -2.34. The van der Waals surface area contributed by atoms with E-state index in [1.165, 1.54) is 6.42 Å². The van der Waals surface area contributed by atoms with Crippen molar-refractivity contribution in [3.05, 3.63) is 0 Å². The Bertz CT molecular complexity index is 152. The third-order valence-electron chi connectivity index (χ3n) is 2.72. The molecule has 0 bridgehead atoms. The van der Waals surface area contributed by atoms with Crippen molar-refractivity contribution in [2.75, 3.05) is 6.61 Å². The van der Waals surface area contributed by atoms with Crippen molar-refractivity contribution < 1.29 is 9.53 Å². The number of hydrogen-bond donors (Lipinski definition) is 0. The third kappa shape index (κ3) is 1.86. The summed E-state index contributed by atoms with van der Waals surface area (Å²) in [6.45, 7) is 4.26. The summed E-state index contributed by atoms with van der Waals surface area (Å²) in [5, 5.41) is 0. The minimum atomic E-state index is -0.410. The molecule has 2 heteroatoms. The van der Waals surface area contributed by atoms with E-state index in [2.05, 4.69) is 0 Å². The number of hydrogen-bond acceptors (Lipinski definition) is 2. The zero-order valence-corrected chi connectivity index (χ0v) is 8.06. The quantitative estimate of drug-likeness (QED) is 0.649. The van der Waals surface area contributed by atoms with Crippen molar-refractivity contribution in [3.8, 4) is 0 Å². The van der Waals surface area contributed by atoms with E-state index in [0.29, 0.717) is 6.61 Å². The molecule has 0 saturated heterocycles. The molecule has 0 unspecified atom stereocenters. The maximum atomic E-state index is 11.4. The highest BCUT2D eigenvalue weighted by molar-refractivity contribution is 5.85. The Morgan fingerprint density at radius 2 is 1.92 bits per heavy atom. The second-order valence-electron chi connectivity index (χ2n) is 3.54. The van der Waals surface area contributed by atoms with Gasteiger partial charge in [-0.05, 0) is 26.7 Å². The van der Waals surface area contributed by atoms with Crippen molar-refractivity contribution in [1.82, 2.24) is 0 Å². The van der Waals surface area contributed by atoms with E-state index in [1.807, 2.05) is 6.92 Å². The number of carbonyl (C=O) groups is 1. The largest absolute Gasteiger partial charge is 0.368 e. The maximum Gasteiger partial charge on any atom is 0.161 e. The van der Waals surface area contributed by atoms with Gasteiger partial charge in [-0.25, -0.2) is 0 Å². The van der Waals surface area contributed by atoms with Crippen molar-refractivity contribution >= 4 is 5.78 Å². The van der Waals surface area contributed by atoms with E-state index in [0.717, 1.165) is 25.7 Å². The van der Waals surface area contributed by atoms with Gasteiger partial charge in [0.25, 0.3) is 0 Å². The van der Waals surface area contributed by atoms with Crippen molar-refractivity contribution in [2.24, 2.45) is 0 Å². The number of ketones is 1. The van der Waals surface area contributed by atoms with Gasteiger partial charge >= 0.3 is 0 Å². The fourth-order valence-corrected chi connectivity index (χ4v) is 2.00. The predicted octanol–water partition coefficient (Wildman–Crippen LogP) is 2.31. The van der Waals surface area contributed by atoms with Gasteiger partial charge in [-0.3, -0.25) is 4.79 Å². The first-order valence-electron chi connectivity index (χ1n) is 4.86. The topological polar surface area (TPSA) is 26.3 Å². The number of rotatable bonds is 3. The Kier molecular flexibility index (Phi) is 3.27. The minimum Gasteiger partial charge on any atom is -0.368 e. The summed E-state index contributed by atoms with van der Waals surface area (Å²) in [6.07, 6.45) is 5.38. The van der Waals surface area contributed by atoms with Crippen LogP contribution in [0.25, 0.3) is 0 Å².